The largest absolute Gasteiger partial charge is 0.493 e. The molecule has 0 saturated heterocycles. The van der Waals surface area contributed by atoms with Crippen LogP contribution in [0.15, 0.2) is 30.5 Å². The minimum absolute atomic E-state index is 0.312. The van der Waals surface area contributed by atoms with Crippen molar-refractivity contribution in [3.8, 4) is 5.75 Å². The number of fused-ring (bicyclic) bond motifs is 1. The first-order valence-corrected chi connectivity index (χ1v) is 12.9. The highest BCUT2D eigenvalue weighted by atomic mass is 28.3. The molecule has 0 aliphatic rings. The fraction of sp³-hybridized carbons (Fsp3) is 0.500. The lowest BCUT2D eigenvalue weighted by Crippen LogP contribution is -2.21. The number of ether oxygens (including phenoxy) is 3. The standard InChI is InChI=1S/C20H29NO4Si/c1-5-24-20(22)18-17(10-9-16-8-6-11-21-19(16)18)25-13-7-12-23-14-15-26(2,3)4/h6,8-11H,5,7,12-15H2,1-4H3. The van der Waals surface area contributed by atoms with E-state index < -0.39 is 14.0 Å². The predicted octanol–water partition coefficient (Wildman–Crippen LogP) is 4.54. The van der Waals surface area contributed by atoms with Gasteiger partial charge in [-0.1, -0.05) is 25.7 Å². The number of carbonyl (C=O) groups is 1. The van der Waals surface area contributed by atoms with E-state index in [1.807, 2.05) is 24.3 Å². The van der Waals surface area contributed by atoms with Gasteiger partial charge in [-0.15, -0.1) is 0 Å². The third kappa shape index (κ3) is 6.11. The fourth-order valence-corrected chi connectivity index (χ4v) is 3.23. The molecule has 0 N–H and O–H groups in total. The van der Waals surface area contributed by atoms with Crippen molar-refractivity contribution < 1.29 is 19.0 Å². The lowest BCUT2D eigenvalue weighted by Gasteiger charge is -2.15. The number of aromatic nitrogens is 1. The quantitative estimate of drug-likeness (QED) is 0.347. The second-order valence-electron chi connectivity index (χ2n) is 7.36. The van der Waals surface area contributed by atoms with Gasteiger partial charge in [-0.3, -0.25) is 4.98 Å². The average molecular weight is 376 g/mol. The van der Waals surface area contributed by atoms with Gasteiger partial charge in [0.1, 0.15) is 11.3 Å². The van der Waals surface area contributed by atoms with Gasteiger partial charge in [0.25, 0.3) is 0 Å². The summed E-state index contributed by atoms with van der Waals surface area (Å²) in [5, 5.41) is 0.887. The van der Waals surface area contributed by atoms with Crippen molar-refractivity contribution in [2.45, 2.75) is 39.0 Å². The molecule has 1 aromatic carbocycles. The van der Waals surface area contributed by atoms with Crippen LogP contribution in [0.3, 0.4) is 0 Å². The highest BCUT2D eigenvalue weighted by Crippen LogP contribution is 2.27. The molecule has 1 heterocycles. The fourth-order valence-electron chi connectivity index (χ4n) is 2.47. The molecule has 6 heteroatoms. The summed E-state index contributed by atoms with van der Waals surface area (Å²) < 4.78 is 16.7. The van der Waals surface area contributed by atoms with E-state index in [9.17, 15) is 4.79 Å². The van der Waals surface area contributed by atoms with E-state index in [4.69, 9.17) is 14.2 Å². The second-order valence-corrected chi connectivity index (χ2v) is 13.0. The molecule has 0 aliphatic carbocycles. The molecule has 26 heavy (non-hydrogen) atoms. The van der Waals surface area contributed by atoms with Gasteiger partial charge in [0.2, 0.25) is 0 Å². The third-order valence-corrected chi connectivity index (χ3v) is 5.61. The number of hydrogen-bond acceptors (Lipinski definition) is 5. The van der Waals surface area contributed by atoms with Crippen molar-refractivity contribution in [1.29, 1.82) is 0 Å². The Morgan fingerprint density at radius 2 is 1.92 bits per heavy atom. The third-order valence-electron chi connectivity index (χ3n) is 3.90. The highest BCUT2D eigenvalue weighted by Gasteiger charge is 2.19. The van der Waals surface area contributed by atoms with Crippen molar-refractivity contribution >= 4 is 24.9 Å². The number of carbonyl (C=O) groups excluding carboxylic acids is 1. The summed E-state index contributed by atoms with van der Waals surface area (Å²) in [5.74, 6) is 0.106. The first-order chi connectivity index (χ1) is 12.4. The Bertz CT molecular complexity index is 727. The predicted molar refractivity (Wildman–Crippen MR) is 107 cm³/mol. The molecule has 0 amide bonds. The van der Waals surface area contributed by atoms with E-state index in [0.717, 1.165) is 24.5 Å². The zero-order valence-corrected chi connectivity index (χ0v) is 17.2. The molecule has 0 atom stereocenters. The number of rotatable bonds is 10. The van der Waals surface area contributed by atoms with Gasteiger partial charge < -0.3 is 14.2 Å². The van der Waals surface area contributed by atoms with Crippen LogP contribution in [0.4, 0.5) is 0 Å². The van der Waals surface area contributed by atoms with E-state index in [0.29, 0.717) is 36.7 Å². The van der Waals surface area contributed by atoms with E-state index >= 15 is 0 Å². The summed E-state index contributed by atoms with van der Waals surface area (Å²) in [6.45, 7) is 11.1. The van der Waals surface area contributed by atoms with E-state index in [1.165, 1.54) is 0 Å². The van der Waals surface area contributed by atoms with Gasteiger partial charge in [0.15, 0.2) is 0 Å². The Morgan fingerprint density at radius 1 is 1.12 bits per heavy atom. The van der Waals surface area contributed by atoms with Gasteiger partial charge in [0.05, 0.1) is 18.7 Å². The summed E-state index contributed by atoms with van der Waals surface area (Å²) in [7, 11) is -1.05. The molecular weight excluding hydrogens is 346 g/mol. The Labute approximate surface area is 156 Å². The van der Waals surface area contributed by atoms with Crippen molar-refractivity contribution in [2.75, 3.05) is 26.4 Å². The minimum atomic E-state index is -1.05. The summed E-state index contributed by atoms with van der Waals surface area (Å²) in [6.07, 6.45) is 2.44. The number of esters is 1. The van der Waals surface area contributed by atoms with Crippen LogP contribution in [0.2, 0.25) is 25.7 Å². The van der Waals surface area contributed by atoms with Crippen molar-refractivity contribution in [3.63, 3.8) is 0 Å². The molecule has 1 aromatic heterocycles. The minimum Gasteiger partial charge on any atom is -0.493 e. The Kier molecular flexibility index (Phi) is 7.60. The molecule has 0 unspecified atom stereocenters. The monoisotopic (exact) mass is 375 g/mol. The molecular formula is C20H29NO4Si. The Balaban J connectivity index is 1.96. The Hall–Kier alpha value is -1.92. The molecule has 0 radical (unpaired) electrons. The molecule has 0 aliphatic heterocycles. The van der Waals surface area contributed by atoms with Crippen LogP contribution < -0.4 is 4.74 Å². The van der Waals surface area contributed by atoms with Crippen LogP contribution in [-0.2, 0) is 9.47 Å². The van der Waals surface area contributed by atoms with E-state index in [1.54, 1.807) is 13.1 Å². The molecule has 2 rings (SSSR count). The van der Waals surface area contributed by atoms with Crippen molar-refractivity contribution in [2.24, 2.45) is 0 Å². The summed E-state index contributed by atoms with van der Waals surface area (Å²) >= 11 is 0. The average Bonchev–Trinajstić information content (AvgIpc) is 2.59. The van der Waals surface area contributed by atoms with Crippen LogP contribution in [0.5, 0.6) is 5.75 Å². The lowest BCUT2D eigenvalue weighted by molar-refractivity contribution is 0.0523. The smallest absolute Gasteiger partial charge is 0.344 e. The normalized spacial score (nSPS) is 11.5. The van der Waals surface area contributed by atoms with Gasteiger partial charge in [-0.2, -0.15) is 0 Å². The number of hydrogen-bond donors (Lipinski definition) is 0. The molecule has 0 spiro atoms. The second kappa shape index (κ2) is 9.69. The van der Waals surface area contributed by atoms with Crippen LogP contribution in [-0.4, -0.2) is 45.5 Å². The Morgan fingerprint density at radius 3 is 2.65 bits per heavy atom. The van der Waals surface area contributed by atoms with Crippen LogP contribution in [0.25, 0.3) is 10.9 Å². The van der Waals surface area contributed by atoms with Gasteiger partial charge >= 0.3 is 5.97 Å². The first-order valence-electron chi connectivity index (χ1n) is 9.18. The van der Waals surface area contributed by atoms with Crippen molar-refractivity contribution in [1.82, 2.24) is 4.98 Å². The van der Waals surface area contributed by atoms with Gasteiger partial charge in [-0.25, -0.2) is 4.79 Å². The van der Waals surface area contributed by atoms with E-state index in [-0.39, 0.29) is 0 Å². The molecule has 2 aromatic rings. The molecule has 142 valence electrons. The molecule has 0 fully saturated rings. The molecule has 5 nitrogen and oxygen atoms in total. The maximum absolute atomic E-state index is 12.4. The van der Waals surface area contributed by atoms with Crippen LogP contribution >= 0.6 is 0 Å². The maximum atomic E-state index is 12.4. The summed E-state index contributed by atoms with van der Waals surface area (Å²) in [6, 6.07) is 8.64. The van der Waals surface area contributed by atoms with Gasteiger partial charge in [0, 0.05) is 39.3 Å². The maximum Gasteiger partial charge on any atom is 0.344 e. The number of benzene rings is 1. The summed E-state index contributed by atoms with van der Waals surface area (Å²) in [4.78, 5) is 16.7. The van der Waals surface area contributed by atoms with Crippen LogP contribution in [0.1, 0.15) is 23.7 Å². The van der Waals surface area contributed by atoms with Crippen LogP contribution in [0, 0.1) is 0 Å². The zero-order chi connectivity index (χ0) is 19.0. The summed E-state index contributed by atoms with van der Waals surface area (Å²) in [5.41, 5.74) is 0.999. The van der Waals surface area contributed by atoms with Gasteiger partial charge in [-0.05, 0) is 31.2 Å². The number of nitrogens with zero attached hydrogens (tertiary/aromatic N) is 1. The topological polar surface area (TPSA) is 57.7 Å². The highest BCUT2D eigenvalue weighted by molar-refractivity contribution is 6.76. The zero-order valence-electron chi connectivity index (χ0n) is 16.2. The molecule has 0 saturated carbocycles. The molecule has 0 bridgehead atoms. The first kappa shape index (κ1) is 20.4. The SMILES string of the molecule is CCOC(=O)c1c(OCCCOCC[Si](C)(C)C)ccc2cccnc12. The van der Waals surface area contributed by atoms with Crippen molar-refractivity contribution in [3.05, 3.63) is 36.0 Å². The number of pyridine rings is 1. The van der Waals surface area contributed by atoms with E-state index in [2.05, 4.69) is 24.6 Å². The lowest BCUT2D eigenvalue weighted by atomic mass is 10.1.